The van der Waals surface area contributed by atoms with Crippen molar-refractivity contribution in [1.29, 1.82) is 0 Å². The Morgan fingerprint density at radius 2 is 2.11 bits per heavy atom. The van der Waals surface area contributed by atoms with E-state index >= 15 is 0 Å². The van der Waals surface area contributed by atoms with Crippen LogP contribution in [0.15, 0.2) is 9.59 Å². The van der Waals surface area contributed by atoms with Crippen LogP contribution < -0.4 is 11.2 Å². The van der Waals surface area contributed by atoms with Gasteiger partial charge in [0.2, 0.25) is 0 Å². The first-order chi connectivity index (χ1) is 9.10. The molecular weight excluding hydrogens is 264 g/mol. The molecule has 2 aliphatic carbocycles. The molecule has 2 aliphatic rings. The van der Waals surface area contributed by atoms with E-state index in [-0.39, 0.29) is 16.4 Å². The molecule has 1 N–H and O–H groups in total. The molecule has 1 aromatic rings. The van der Waals surface area contributed by atoms with Crippen molar-refractivity contribution >= 4 is 11.6 Å². The Hall–Kier alpha value is -1.03. The Morgan fingerprint density at radius 3 is 2.68 bits per heavy atom. The first-order valence-corrected chi connectivity index (χ1v) is 7.49. The summed E-state index contributed by atoms with van der Waals surface area (Å²) in [6.07, 6.45) is 5.58. The molecule has 3 unspecified atom stereocenters. The molecule has 2 saturated carbocycles. The van der Waals surface area contributed by atoms with Gasteiger partial charge in [0.05, 0.1) is 5.56 Å². The Morgan fingerprint density at radius 1 is 1.32 bits per heavy atom. The molecule has 0 radical (unpaired) electrons. The van der Waals surface area contributed by atoms with Crippen LogP contribution in [0.4, 0.5) is 0 Å². The van der Waals surface area contributed by atoms with E-state index < -0.39 is 0 Å². The van der Waals surface area contributed by atoms with Crippen molar-refractivity contribution in [2.75, 3.05) is 0 Å². The van der Waals surface area contributed by atoms with Gasteiger partial charge in [-0.15, -0.1) is 0 Å². The number of fused-ring (bicyclic) bond motifs is 2. The summed E-state index contributed by atoms with van der Waals surface area (Å²) in [5, 5.41) is 0.196. The zero-order chi connectivity index (χ0) is 13.6. The summed E-state index contributed by atoms with van der Waals surface area (Å²) in [7, 11) is 0. The Kier molecular flexibility index (Phi) is 3.29. The van der Waals surface area contributed by atoms with Crippen LogP contribution in [0.3, 0.4) is 0 Å². The van der Waals surface area contributed by atoms with Crippen molar-refractivity contribution in [3.8, 4) is 0 Å². The third-order valence-corrected chi connectivity index (χ3v) is 5.21. The van der Waals surface area contributed by atoms with E-state index in [9.17, 15) is 9.59 Å². The molecular formula is C14H19ClN2O2. The number of nitrogens with zero attached hydrogens (tertiary/aromatic N) is 1. The minimum Gasteiger partial charge on any atom is -0.297 e. The molecule has 5 heteroatoms. The van der Waals surface area contributed by atoms with Crippen LogP contribution in [0.5, 0.6) is 0 Å². The summed E-state index contributed by atoms with van der Waals surface area (Å²) in [6.45, 7) is 2.43. The molecule has 4 nitrogen and oxygen atoms in total. The fourth-order valence-electron chi connectivity index (χ4n) is 3.89. The number of H-pyrrole nitrogens is 1. The Bertz CT molecular complexity index is 604. The topological polar surface area (TPSA) is 54.9 Å². The SMILES string of the molecule is CCc1c(Cl)[nH]c(=O)n(CC2CC3CCC2C3)c1=O. The number of aromatic nitrogens is 2. The van der Waals surface area contributed by atoms with Crippen LogP contribution >= 0.6 is 11.6 Å². The molecule has 104 valence electrons. The lowest BCUT2D eigenvalue weighted by molar-refractivity contribution is 0.288. The van der Waals surface area contributed by atoms with Crippen LogP contribution in [0.2, 0.25) is 5.15 Å². The van der Waals surface area contributed by atoms with Gasteiger partial charge in [-0.25, -0.2) is 4.79 Å². The van der Waals surface area contributed by atoms with E-state index in [1.165, 1.54) is 30.3 Å². The van der Waals surface area contributed by atoms with Crippen LogP contribution in [0.25, 0.3) is 0 Å². The van der Waals surface area contributed by atoms with Crippen molar-refractivity contribution in [3.63, 3.8) is 0 Å². The number of rotatable bonds is 3. The van der Waals surface area contributed by atoms with E-state index in [0.717, 1.165) is 5.92 Å². The Balaban J connectivity index is 1.93. The summed E-state index contributed by atoms with van der Waals surface area (Å²) in [4.78, 5) is 26.8. The lowest BCUT2D eigenvalue weighted by Gasteiger charge is -2.22. The lowest BCUT2D eigenvalue weighted by atomic mass is 9.89. The van der Waals surface area contributed by atoms with Gasteiger partial charge in [0.25, 0.3) is 5.56 Å². The highest BCUT2D eigenvalue weighted by Gasteiger charge is 2.39. The summed E-state index contributed by atoms with van der Waals surface area (Å²) >= 11 is 5.92. The van der Waals surface area contributed by atoms with Gasteiger partial charge in [-0.1, -0.05) is 24.9 Å². The highest BCUT2D eigenvalue weighted by molar-refractivity contribution is 6.30. The molecule has 0 saturated heterocycles. The van der Waals surface area contributed by atoms with E-state index in [2.05, 4.69) is 4.98 Å². The molecule has 2 bridgehead atoms. The van der Waals surface area contributed by atoms with E-state index in [4.69, 9.17) is 11.6 Å². The van der Waals surface area contributed by atoms with Crippen molar-refractivity contribution in [1.82, 2.24) is 9.55 Å². The Labute approximate surface area is 116 Å². The normalized spacial score (nSPS) is 29.1. The largest absolute Gasteiger partial charge is 0.329 e. The minimum atomic E-state index is -0.366. The van der Waals surface area contributed by atoms with E-state index in [1.54, 1.807) is 0 Å². The number of hydrogen-bond acceptors (Lipinski definition) is 2. The highest BCUT2D eigenvalue weighted by Crippen LogP contribution is 2.48. The molecule has 0 aromatic carbocycles. The standard InChI is InChI=1S/C14H19ClN2O2/c1-2-11-12(15)16-14(19)17(13(11)18)7-10-6-8-3-4-9(10)5-8/h8-10H,2-7H2,1H3,(H,16,19). The summed E-state index contributed by atoms with van der Waals surface area (Å²) < 4.78 is 1.36. The summed E-state index contributed by atoms with van der Waals surface area (Å²) in [5.74, 6) is 2.02. The van der Waals surface area contributed by atoms with E-state index in [1.807, 2.05) is 6.92 Å². The molecule has 3 atom stereocenters. The first-order valence-electron chi connectivity index (χ1n) is 7.11. The molecule has 0 aliphatic heterocycles. The van der Waals surface area contributed by atoms with Crippen molar-refractivity contribution in [2.24, 2.45) is 17.8 Å². The van der Waals surface area contributed by atoms with Gasteiger partial charge >= 0.3 is 5.69 Å². The average Bonchev–Trinajstić information content (AvgIpc) is 2.96. The first kappa shape index (κ1) is 13.0. The van der Waals surface area contributed by atoms with Gasteiger partial charge in [-0.2, -0.15) is 0 Å². The van der Waals surface area contributed by atoms with Gasteiger partial charge in [-0.05, 0) is 43.4 Å². The van der Waals surface area contributed by atoms with Gasteiger partial charge < -0.3 is 0 Å². The second-order valence-electron chi connectivity index (χ2n) is 5.93. The zero-order valence-electron chi connectivity index (χ0n) is 11.1. The maximum atomic E-state index is 12.3. The maximum absolute atomic E-state index is 12.3. The second-order valence-corrected chi connectivity index (χ2v) is 6.30. The van der Waals surface area contributed by atoms with Crippen molar-refractivity contribution in [2.45, 2.75) is 45.6 Å². The predicted octanol–water partition coefficient (Wildman–Crippen LogP) is 2.19. The number of aromatic amines is 1. The number of hydrogen-bond donors (Lipinski definition) is 1. The number of nitrogens with one attached hydrogen (secondary N) is 1. The zero-order valence-corrected chi connectivity index (χ0v) is 11.9. The van der Waals surface area contributed by atoms with Gasteiger partial charge in [0.1, 0.15) is 5.15 Å². The third-order valence-electron chi connectivity index (χ3n) is 4.89. The minimum absolute atomic E-state index is 0.196. The molecule has 2 fully saturated rings. The highest BCUT2D eigenvalue weighted by atomic mass is 35.5. The van der Waals surface area contributed by atoms with Crippen LogP contribution in [0.1, 0.15) is 38.2 Å². The quantitative estimate of drug-likeness (QED) is 0.864. The van der Waals surface area contributed by atoms with Gasteiger partial charge in [0.15, 0.2) is 0 Å². The maximum Gasteiger partial charge on any atom is 0.329 e. The predicted molar refractivity (Wildman–Crippen MR) is 74.6 cm³/mol. The van der Waals surface area contributed by atoms with Crippen molar-refractivity contribution in [3.05, 3.63) is 31.6 Å². The van der Waals surface area contributed by atoms with Crippen LogP contribution in [-0.2, 0) is 13.0 Å². The molecule has 0 amide bonds. The fraction of sp³-hybridized carbons (Fsp3) is 0.714. The smallest absolute Gasteiger partial charge is 0.297 e. The molecule has 1 aromatic heterocycles. The molecule has 3 rings (SSSR count). The fourth-order valence-corrected chi connectivity index (χ4v) is 4.19. The lowest BCUT2D eigenvalue weighted by Crippen LogP contribution is -2.39. The molecule has 19 heavy (non-hydrogen) atoms. The number of halogens is 1. The molecule has 1 heterocycles. The van der Waals surface area contributed by atoms with Gasteiger partial charge in [-0.3, -0.25) is 14.3 Å². The summed E-state index contributed by atoms with van der Waals surface area (Å²) in [5.41, 5.74) is -0.0570. The second kappa shape index (κ2) is 4.82. The average molecular weight is 283 g/mol. The third kappa shape index (κ3) is 2.16. The van der Waals surface area contributed by atoms with Gasteiger partial charge in [0, 0.05) is 6.54 Å². The van der Waals surface area contributed by atoms with Crippen LogP contribution in [0, 0.1) is 17.8 Å². The monoisotopic (exact) mass is 282 g/mol. The van der Waals surface area contributed by atoms with E-state index in [0.29, 0.717) is 30.4 Å². The van der Waals surface area contributed by atoms with Crippen LogP contribution in [-0.4, -0.2) is 9.55 Å². The summed E-state index contributed by atoms with van der Waals surface area (Å²) in [6, 6.07) is 0. The molecule has 0 spiro atoms. The van der Waals surface area contributed by atoms with Crippen molar-refractivity contribution < 1.29 is 0 Å².